The van der Waals surface area contributed by atoms with Gasteiger partial charge in [-0.15, -0.1) is 0 Å². The van der Waals surface area contributed by atoms with Crippen molar-refractivity contribution in [1.29, 1.82) is 0 Å². The van der Waals surface area contributed by atoms with Crippen LogP contribution in [-0.4, -0.2) is 28.9 Å². The molecule has 1 amide bonds. The number of carboxylic acid groups (broad SMARTS) is 1. The minimum atomic E-state index is -1.16. The Labute approximate surface area is 118 Å². The number of hydrogen-bond donors (Lipinski definition) is 1. The Hall–Kier alpha value is -1.91. The fourth-order valence-electron chi connectivity index (χ4n) is 2.03. The van der Waals surface area contributed by atoms with Crippen molar-refractivity contribution in [2.75, 3.05) is 7.05 Å². The topological polar surface area (TPSA) is 57.6 Å². The Morgan fingerprint density at radius 2 is 1.85 bits per heavy atom. The molecule has 110 valence electrons. The van der Waals surface area contributed by atoms with E-state index in [1.807, 2.05) is 0 Å². The van der Waals surface area contributed by atoms with Gasteiger partial charge in [-0.05, 0) is 11.5 Å². The van der Waals surface area contributed by atoms with Gasteiger partial charge >= 0.3 is 5.97 Å². The minimum absolute atomic E-state index is 0.0470. The van der Waals surface area contributed by atoms with Gasteiger partial charge in [-0.2, -0.15) is 0 Å². The number of carbonyl (C=O) groups excluding carboxylic acids is 1. The number of hydrogen-bond acceptors (Lipinski definition) is 2. The van der Waals surface area contributed by atoms with Gasteiger partial charge in [0.15, 0.2) is 0 Å². The maximum absolute atomic E-state index is 13.6. The first-order chi connectivity index (χ1) is 9.14. The number of rotatable bonds is 4. The van der Waals surface area contributed by atoms with Gasteiger partial charge in [0.05, 0.1) is 0 Å². The predicted octanol–water partition coefficient (Wildman–Crippen LogP) is 2.53. The van der Waals surface area contributed by atoms with Crippen LogP contribution in [0.3, 0.4) is 0 Å². The van der Waals surface area contributed by atoms with Gasteiger partial charge in [0, 0.05) is 19.2 Å². The van der Waals surface area contributed by atoms with Crippen molar-refractivity contribution >= 4 is 11.9 Å². The van der Waals surface area contributed by atoms with Gasteiger partial charge in [-0.25, -0.2) is 4.39 Å². The maximum atomic E-state index is 13.6. The van der Waals surface area contributed by atoms with E-state index in [2.05, 4.69) is 0 Å². The van der Waals surface area contributed by atoms with E-state index in [0.29, 0.717) is 5.56 Å². The number of halogens is 1. The zero-order chi connectivity index (χ0) is 15.5. The van der Waals surface area contributed by atoms with E-state index in [9.17, 15) is 19.1 Å². The number of nitrogens with zero attached hydrogens (tertiary/aromatic N) is 1. The summed E-state index contributed by atoms with van der Waals surface area (Å²) in [4.78, 5) is 24.8. The van der Waals surface area contributed by atoms with Gasteiger partial charge in [0.25, 0.3) is 0 Å². The summed E-state index contributed by atoms with van der Waals surface area (Å²) in [5.74, 6) is -3.25. The number of benzene rings is 1. The van der Waals surface area contributed by atoms with Gasteiger partial charge in [0.2, 0.25) is 5.91 Å². The van der Waals surface area contributed by atoms with E-state index < -0.39 is 29.0 Å². The number of carbonyl (C=O) groups is 2. The zero-order valence-electron chi connectivity index (χ0n) is 12.2. The van der Waals surface area contributed by atoms with Crippen LogP contribution in [0.5, 0.6) is 0 Å². The van der Waals surface area contributed by atoms with Gasteiger partial charge in [0.1, 0.15) is 11.7 Å². The van der Waals surface area contributed by atoms with E-state index in [4.69, 9.17) is 0 Å². The van der Waals surface area contributed by atoms with Crippen LogP contribution < -0.4 is 0 Å². The summed E-state index contributed by atoms with van der Waals surface area (Å²) >= 11 is 0. The maximum Gasteiger partial charge on any atom is 0.316 e. The van der Waals surface area contributed by atoms with Crippen molar-refractivity contribution in [3.8, 4) is 0 Å². The SMILES string of the molecule is CN(Cc1ccccc1F)C(=O)C(C(=O)O)C(C)(C)C. The van der Waals surface area contributed by atoms with Gasteiger partial charge < -0.3 is 10.0 Å². The summed E-state index contributed by atoms with van der Waals surface area (Å²) in [5.41, 5.74) is -0.340. The standard InChI is InChI=1S/C15H20FNO3/c1-15(2,3)12(14(19)20)13(18)17(4)9-10-7-5-6-8-11(10)16/h5-8,12H,9H2,1-4H3,(H,19,20). The number of carboxylic acids is 1. The molecule has 4 nitrogen and oxygen atoms in total. The normalized spacial score (nSPS) is 12.8. The third-order valence-corrected chi connectivity index (χ3v) is 3.10. The van der Waals surface area contributed by atoms with Crippen LogP contribution in [0.2, 0.25) is 0 Å². The fourth-order valence-corrected chi connectivity index (χ4v) is 2.03. The molecule has 0 aromatic heterocycles. The van der Waals surface area contributed by atoms with E-state index in [0.717, 1.165) is 0 Å². The molecule has 1 N–H and O–H groups in total. The van der Waals surface area contributed by atoms with Crippen molar-refractivity contribution in [3.63, 3.8) is 0 Å². The third kappa shape index (κ3) is 3.79. The molecule has 0 heterocycles. The van der Waals surface area contributed by atoms with E-state index in [1.165, 1.54) is 18.0 Å². The molecule has 0 aliphatic carbocycles. The average Bonchev–Trinajstić information content (AvgIpc) is 2.29. The molecule has 0 aliphatic rings. The molecule has 1 atom stereocenters. The van der Waals surface area contributed by atoms with Crippen LogP contribution in [-0.2, 0) is 16.1 Å². The Kier molecular flexibility index (Phi) is 4.87. The van der Waals surface area contributed by atoms with Crippen molar-refractivity contribution in [2.45, 2.75) is 27.3 Å². The van der Waals surface area contributed by atoms with E-state index in [-0.39, 0.29) is 6.54 Å². The second-order valence-corrected chi connectivity index (χ2v) is 5.92. The molecular weight excluding hydrogens is 261 g/mol. The monoisotopic (exact) mass is 281 g/mol. The lowest BCUT2D eigenvalue weighted by atomic mass is 9.80. The Morgan fingerprint density at radius 3 is 2.30 bits per heavy atom. The summed E-state index contributed by atoms with van der Waals surface area (Å²) in [7, 11) is 1.48. The molecule has 1 unspecified atom stereocenters. The Bertz CT molecular complexity index is 508. The second kappa shape index (κ2) is 6.03. The quantitative estimate of drug-likeness (QED) is 0.863. The summed E-state index contributed by atoms with van der Waals surface area (Å²) in [6, 6.07) is 6.13. The molecule has 5 heteroatoms. The van der Waals surface area contributed by atoms with Crippen LogP contribution >= 0.6 is 0 Å². The summed E-state index contributed by atoms with van der Waals surface area (Å²) < 4.78 is 13.6. The highest BCUT2D eigenvalue weighted by molar-refractivity contribution is 5.97. The number of amides is 1. The molecular formula is C15H20FNO3. The molecule has 0 fully saturated rings. The molecule has 0 bridgehead atoms. The first-order valence-electron chi connectivity index (χ1n) is 6.35. The largest absolute Gasteiger partial charge is 0.481 e. The van der Waals surface area contributed by atoms with Crippen LogP contribution in [0.4, 0.5) is 4.39 Å². The van der Waals surface area contributed by atoms with Crippen molar-refractivity contribution in [1.82, 2.24) is 4.90 Å². The highest BCUT2D eigenvalue weighted by atomic mass is 19.1. The molecule has 0 spiro atoms. The first-order valence-corrected chi connectivity index (χ1v) is 6.35. The van der Waals surface area contributed by atoms with Crippen molar-refractivity contribution < 1.29 is 19.1 Å². The molecule has 20 heavy (non-hydrogen) atoms. The van der Waals surface area contributed by atoms with Crippen LogP contribution in [0.15, 0.2) is 24.3 Å². The highest BCUT2D eigenvalue weighted by Crippen LogP contribution is 2.28. The lowest BCUT2D eigenvalue weighted by Gasteiger charge is -2.30. The van der Waals surface area contributed by atoms with Gasteiger partial charge in [-0.1, -0.05) is 39.0 Å². The highest BCUT2D eigenvalue weighted by Gasteiger charge is 2.39. The Morgan fingerprint density at radius 1 is 1.30 bits per heavy atom. The van der Waals surface area contributed by atoms with Crippen molar-refractivity contribution in [3.05, 3.63) is 35.6 Å². The third-order valence-electron chi connectivity index (χ3n) is 3.10. The zero-order valence-corrected chi connectivity index (χ0v) is 12.2. The summed E-state index contributed by atoms with van der Waals surface area (Å²) in [6.45, 7) is 5.13. The second-order valence-electron chi connectivity index (χ2n) is 5.92. The molecule has 1 aromatic rings. The Balaban J connectivity index is 2.91. The molecule has 0 saturated heterocycles. The van der Waals surface area contributed by atoms with E-state index in [1.54, 1.807) is 39.0 Å². The predicted molar refractivity (Wildman–Crippen MR) is 73.5 cm³/mol. The minimum Gasteiger partial charge on any atom is -0.481 e. The van der Waals surface area contributed by atoms with Crippen LogP contribution in [0.25, 0.3) is 0 Å². The molecule has 0 saturated carbocycles. The first kappa shape index (κ1) is 16.1. The van der Waals surface area contributed by atoms with Crippen molar-refractivity contribution in [2.24, 2.45) is 11.3 Å². The van der Waals surface area contributed by atoms with Gasteiger partial charge in [-0.3, -0.25) is 9.59 Å². The average molecular weight is 281 g/mol. The summed E-state index contributed by atoms with van der Waals surface area (Å²) in [6.07, 6.45) is 0. The fraction of sp³-hybridized carbons (Fsp3) is 0.467. The van der Waals surface area contributed by atoms with E-state index >= 15 is 0 Å². The lowest BCUT2D eigenvalue weighted by molar-refractivity contribution is -0.155. The lowest BCUT2D eigenvalue weighted by Crippen LogP contribution is -2.43. The molecule has 0 radical (unpaired) electrons. The van der Waals surface area contributed by atoms with Crippen LogP contribution in [0.1, 0.15) is 26.3 Å². The molecule has 1 rings (SSSR count). The smallest absolute Gasteiger partial charge is 0.316 e. The van der Waals surface area contributed by atoms with Crippen LogP contribution in [0, 0.1) is 17.2 Å². The number of aliphatic carboxylic acids is 1. The molecule has 0 aliphatic heterocycles. The summed E-state index contributed by atoms with van der Waals surface area (Å²) in [5, 5.41) is 9.23. The molecule has 1 aromatic carbocycles.